The van der Waals surface area contributed by atoms with E-state index in [0.29, 0.717) is 11.9 Å². The Morgan fingerprint density at radius 3 is 2.33 bits per heavy atom. The molecular formula is C14H13N7. The summed E-state index contributed by atoms with van der Waals surface area (Å²) in [6, 6.07) is 8.33. The first-order valence-corrected chi connectivity index (χ1v) is 6.61. The Bertz CT molecular complexity index is 757. The molecule has 7 heteroatoms. The lowest BCUT2D eigenvalue weighted by Gasteiger charge is -2.16. The SMILES string of the molecule is Nc1nc(N2Cc3ccccc3C2)nc(-n2ccnc2)n1. The van der Waals surface area contributed by atoms with Gasteiger partial charge >= 0.3 is 0 Å². The zero-order chi connectivity index (χ0) is 14.2. The summed E-state index contributed by atoms with van der Waals surface area (Å²) in [5.41, 5.74) is 8.40. The maximum Gasteiger partial charge on any atom is 0.241 e. The molecule has 0 amide bonds. The molecule has 3 aromatic rings. The van der Waals surface area contributed by atoms with Crippen LogP contribution < -0.4 is 10.6 Å². The molecule has 0 atom stereocenters. The lowest BCUT2D eigenvalue weighted by molar-refractivity contribution is 0.800. The number of nitrogens with two attached hydrogens (primary N) is 1. The van der Waals surface area contributed by atoms with Crippen LogP contribution in [-0.2, 0) is 13.1 Å². The van der Waals surface area contributed by atoms with Gasteiger partial charge in [-0.15, -0.1) is 0 Å². The summed E-state index contributed by atoms with van der Waals surface area (Å²) in [6.07, 6.45) is 5.08. The molecule has 0 fully saturated rings. The van der Waals surface area contributed by atoms with E-state index in [1.165, 1.54) is 11.1 Å². The van der Waals surface area contributed by atoms with Crippen LogP contribution in [0.3, 0.4) is 0 Å². The highest BCUT2D eigenvalue weighted by atomic mass is 15.3. The topological polar surface area (TPSA) is 85.8 Å². The molecule has 0 bridgehead atoms. The van der Waals surface area contributed by atoms with Gasteiger partial charge in [0.15, 0.2) is 0 Å². The van der Waals surface area contributed by atoms with Crippen molar-refractivity contribution in [2.45, 2.75) is 13.1 Å². The Labute approximate surface area is 121 Å². The van der Waals surface area contributed by atoms with E-state index in [2.05, 4.69) is 37.0 Å². The van der Waals surface area contributed by atoms with E-state index >= 15 is 0 Å². The summed E-state index contributed by atoms with van der Waals surface area (Å²) in [5.74, 6) is 1.27. The van der Waals surface area contributed by atoms with Gasteiger partial charge in [0.1, 0.15) is 6.33 Å². The standard InChI is InChI=1S/C14H13N7/c15-12-17-13(20-6-5-16-9-20)19-14(18-12)21-7-10-3-1-2-4-11(10)8-21/h1-6,9H,7-8H2,(H2,15,17,18,19). The highest BCUT2D eigenvalue weighted by Gasteiger charge is 2.21. The Morgan fingerprint density at radius 1 is 0.952 bits per heavy atom. The number of hydrogen-bond donors (Lipinski definition) is 1. The molecule has 1 aliphatic rings. The van der Waals surface area contributed by atoms with E-state index in [1.54, 1.807) is 23.3 Å². The van der Waals surface area contributed by atoms with Gasteiger partial charge in [-0.05, 0) is 11.1 Å². The largest absolute Gasteiger partial charge is 0.368 e. The number of fused-ring (bicyclic) bond motifs is 1. The molecule has 4 rings (SSSR count). The van der Waals surface area contributed by atoms with E-state index in [1.807, 2.05) is 12.1 Å². The second-order valence-corrected chi connectivity index (χ2v) is 4.89. The van der Waals surface area contributed by atoms with Crippen LogP contribution in [0.25, 0.3) is 5.95 Å². The van der Waals surface area contributed by atoms with Crippen LogP contribution in [0.4, 0.5) is 11.9 Å². The summed E-state index contributed by atoms with van der Waals surface area (Å²) in [5, 5.41) is 0. The summed E-state index contributed by atoms with van der Waals surface area (Å²) < 4.78 is 1.71. The molecule has 2 aromatic heterocycles. The molecule has 1 aliphatic heterocycles. The van der Waals surface area contributed by atoms with Gasteiger partial charge < -0.3 is 10.6 Å². The first kappa shape index (κ1) is 11.8. The first-order chi connectivity index (χ1) is 10.3. The van der Waals surface area contributed by atoms with Crippen molar-refractivity contribution >= 4 is 11.9 Å². The van der Waals surface area contributed by atoms with Crippen LogP contribution in [0.5, 0.6) is 0 Å². The van der Waals surface area contributed by atoms with Crippen LogP contribution in [-0.4, -0.2) is 24.5 Å². The number of hydrogen-bond acceptors (Lipinski definition) is 6. The zero-order valence-corrected chi connectivity index (χ0v) is 11.2. The lowest BCUT2D eigenvalue weighted by Crippen LogP contribution is -2.20. The molecule has 3 heterocycles. The quantitative estimate of drug-likeness (QED) is 0.757. The van der Waals surface area contributed by atoms with Crippen LogP contribution in [0.15, 0.2) is 43.0 Å². The molecule has 0 spiro atoms. The van der Waals surface area contributed by atoms with E-state index < -0.39 is 0 Å². The number of anilines is 2. The second kappa shape index (κ2) is 4.55. The van der Waals surface area contributed by atoms with Crippen molar-refractivity contribution in [1.29, 1.82) is 0 Å². The predicted molar refractivity (Wildman–Crippen MR) is 77.7 cm³/mol. The number of nitrogens with zero attached hydrogens (tertiary/aromatic N) is 6. The van der Waals surface area contributed by atoms with Gasteiger partial charge in [0, 0.05) is 25.5 Å². The highest BCUT2D eigenvalue weighted by Crippen LogP contribution is 2.26. The van der Waals surface area contributed by atoms with E-state index in [9.17, 15) is 0 Å². The predicted octanol–water partition coefficient (Wildman–Crippen LogP) is 1.16. The van der Waals surface area contributed by atoms with Crippen molar-refractivity contribution < 1.29 is 0 Å². The fourth-order valence-electron chi connectivity index (χ4n) is 2.48. The van der Waals surface area contributed by atoms with Gasteiger partial charge in [-0.2, -0.15) is 15.0 Å². The minimum absolute atomic E-state index is 0.208. The maximum atomic E-state index is 5.82. The van der Waals surface area contributed by atoms with E-state index in [0.717, 1.165) is 13.1 Å². The maximum absolute atomic E-state index is 5.82. The molecular weight excluding hydrogens is 266 g/mol. The third-order valence-corrected chi connectivity index (χ3v) is 3.49. The molecule has 21 heavy (non-hydrogen) atoms. The second-order valence-electron chi connectivity index (χ2n) is 4.89. The molecule has 7 nitrogen and oxygen atoms in total. The van der Waals surface area contributed by atoms with Crippen molar-refractivity contribution in [2.24, 2.45) is 0 Å². The summed E-state index contributed by atoms with van der Waals surface area (Å²) >= 11 is 0. The molecule has 0 radical (unpaired) electrons. The van der Waals surface area contributed by atoms with Crippen molar-refractivity contribution in [3.05, 3.63) is 54.1 Å². The van der Waals surface area contributed by atoms with Gasteiger partial charge in [-0.25, -0.2) is 4.98 Å². The van der Waals surface area contributed by atoms with Crippen LogP contribution in [0, 0.1) is 0 Å². The van der Waals surface area contributed by atoms with Crippen LogP contribution in [0.2, 0.25) is 0 Å². The van der Waals surface area contributed by atoms with Gasteiger partial charge in [-0.1, -0.05) is 24.3 Å². The number of aromatic nitrogens is 5. The molecule has 0 unspecified atom stereocenters. The average Bonchev–Trinajstić information content (AvgIpc) is 3.16. The Morgan fingerprint density at radius 2 is 1.67 bits per heavy atom. The monoisotopic (exact) mass is 279 g/mol. The smallest absolute Gasteiger partial charge is 0.241 e. The molecule has 104 valence electrons. The van der Waals surface area contributed by atoms with Crippen LogP contribution >= 0.6 is 0 Å². The minimum Gasteiger partial charge on any atom is -0.368 e. The fourth-order valence-corrected chi connectivity index (χ4v) is 2.48. The van der Waals surface area contributed by atoms with Crippen molar-refractivity contribution in [2.75, 3.05) is 10.6 Å². The summed E-state index contributed by atoms with van der Waals surface area (Å²) in [6.45, 7) is 1.56. The zero-order valence-electron chi connectivity index (χ0n) is 11.2. The molecule has 2 N–H and O–H groups in total. The third-order valence-electron chi connectivity index (χ3n) is 3.49. The van der Waals surface area contributed by atoms with Gasteiger partial charge in [0.25, 0.3) is 0 Å². The van der Waals surface area contributed by atoms with Gasteiger partial charge in [0.2, 0.25) is 17.8 Å². The van der Waals surface area contributed by atoms with Crippen LogP contribution in [0.1, 0.15) is 11.1 Å². The average molecular weight is 279 g/mol. The number of rotatable bonds is 2. The molecule has 0 saturated heterocycles. The van der Waals surface area contributed by atoms with E-state index in [-0.39, 0.29) is 5.95 Å². The minimum atomic E-state index is 0.208. The Hall–Kier alpha value is -2.96. The van der Waals surface area contributed by atoms with Crippen molar-refractivity contribution in [1.82, 2.24) is 24.5 Å². The summed E-state index contributed by atoms with van der Waals surface area (Å²) in [7, 11) is 0. The Kier molecular flexibility index (Phi) is 2.56. The van der Waals surface area contributed by atoms with Gasteiger partial charge in [0.05, 0.1) is 0 Å². The third kappa shape index (κ3) is 2.08. The van der Waals surface area contributed by atoms with Crippen molar-refractivity contribution in [3.63, 3.8) is 0 Å². The van der Waals surface area contributed by atoms with Crippen molar-refractivity contribution in [3.8, 4) is 5.95 Å². The number of nitrogen functional groups attached to an aromatic ring is 1. The number of imidazole rings is 1. The first-order valence-electron chi connectivity index (χ1n) is 6.61. The molecule has 0 aliphatic carbocycles. The Balaban J connectivity index is 1.71. The highest BCUT2D eigenvalue weighted by molar-refractivity contribution is 5.45. The molecule has 0 saturated carbocycles. The normalized spacial score (nSPS) is 13.4. The molecule has 1 aromatic carbocycles. The lowest BCUT2D eigenvalue weighted by atomic mass is 10.1. The fraction of sp³-hybridized carbons (Fsp3) is 0.143. The number of benzene rings is 1. The van der Waals surface area contributed by atoms with Gasteiger partial charge in [-0.3, -0.25) is 4.57 Å². The summed E-state index contributed by atoms with van der Waals surface area (Å²) in [4.78, 5) is 19.0. The van der Waals surface area contributed by atoms with E-state index in [4.69, 9.17) is 5.73 Å².